The van der Waals surface area contributed by atoms with E-state index >= 15 is 0 Å². The molecule has 0 saturated heterocycles. The molecule has 0 aliphatic carbocycles. The SMILES string of the molecule is O=C(CSC1=C(C(=O)Nc2ccc(Br)cc2)[C@@H](c2ccccc2Cl)CC(=O)N1)NCc1ccccc1. The highest BCUT2D eigenvalue weighted by Gasteiger charge is 2.35. The Balaban J connectivity index is 1.59. The van der Waals surface area contributed by atoms with Gasteiger partial charge >= 0.3 is 0 Å². The van der Waals surface area contributed by atoms with Crippen molar-refractivity contribution in [1.82, 2.24) is 10.6 Å². The summed E-state index contributed by atoms with van der Waals surface area (Å²) in [6, 6.07) is 23.9. The minimum atomic E-state index is -0.558. The third-order valence-electron chi connectivity index (χ3n) is 5.54. The van der Waals surface area contributed by atoms with Crippen molar-refractivity contribution in [3.05, 3.63) is 110 Å². The molecule has 0 spiro atoms. The van der Waals surface area contributed by atoms with E-state index in [9.17, 15) is 14.4 Å². The van der Waals surface area contributed by atoms with Gasteiger partial charge in [-0.05, 0) is 41.5 Å². The van der Waals surface area contributed by atoms with Crippen LogP contribution in [0.15, 0.2) is 93.9 Å². The van der Waals surface area contributed by atoms with E-state index in [4.69, 9.17) is 11.6 Å². The molecule has 1 atom stereocenters. The molecule has 3 amide bonds. The molecular weight excluding hydrogens is 562 g/mol. The zero-order valence-corrected chi connectivity index (χ0v) is 22.3. The van der Waals surface area contributed by atoms with Gasteiger partial charge in [0.05, 0.1) is 16.4 Å². The van der Waals surface area contributed by atoms with Crippen molar-refractivity contribution in [3.63, 3.8) is 0 Å². The van der Waals surface area contributed by atoms with Crippen molar-refractivity contribution in [1.29, 1.82) is 0 Å². The molecule has 184 valence electrons. The average Bonchev–Trinajstić information content (AvgIpc) is 2.88. The molecule has 1 aliphatic rings. The summed E-state index contributed by atoms with van der Waals surface area (Å²) in [7, 11) is 0. The van der Waals surface area contributed by atoms with Crippen molar-refractivity contribution in [3.8, 4) is 0 Å². The normalized spacial score (nSPS) is 15.3. The van der Waals surface area contributed by atoms with Gasteiger partial charge in [-0.15, -0.1) is 0 Å². The lowest BCUT2D eigenvalue weighted by Crippen LogP contribution is -2.36. The summed E-state index contributed by atoms with van der Waals surface area (Å²) in [4.78, 5) is 38.7. The molecule has 6 nitrogen and oxygen atoms in total. The van der Waals surface area contributed by atoms with E-state index in [1.165, 1.54) is 0 Å². The fraction of sp³-hybridized carbons (Fsp3) is 0.148. The van der Waals surface area contributed by atoms with Crippen LogP contribution < -0.4 is 16.0 Å². The van der Waals surface area contributed by atoms with Gasteiger partial charge in [-0.3, -0.25) is 14.4 Å². The molecule has 1 aliphatic heterocycles. The summed E-state index contributed by atoms with van der Waals surface area (Å²) in [5.41, 5.74) is 2.64. The number of carbonyl (C=O) groups excluding carboxylic acids is 3. The Morgan fingerprint density at radius 1 is 1.00 bits per heavy atom. The molecule has 9 heteroatoms. The maximum atomic E-state index is 13.5. The number of amides is 3. The first-order valence-electron chi connectivity index (χ1n) is 11.2. The first kappa shape index (κ1) is 26.0. The zero-order chi connectivity index (χ0) is 25.5. The molecule has 0 saturated carbocycles. The van der Waals surface area contributed by atoms with E-state index in [1.54, 1.807) is 24.3 Å². The minimum Gasteiger partial charge on any atom is -0.351 e. The number of anilines is 1. The number of carbonyl (C=O) groups is 3. The van der Waals surface area contributed by atoms with E-state index in [0.29, 0.717) is 33.4 Å². The first-order chi connectivity index (χ1) is 17.4. The zero-order valence-electron chi connectivity index (χ0n) is 19.1. The molecule has 3 aromatic rings. The summed E-state index contributed by atoms with van der Waals surface area (Å²) in [5.74, 6) is -1.34. The maximum absolute atomic E-state index is 13.5. The standard InChI is InChI=1S/C27H23BrClN3O3S/c28-18-10-12-19(13-11-18)31-26(35)25-21(20-8-4-5-9-22(20)29)14-23(33)32-27(25)36-16-24(34)30-15-17-6-2-1-3-7-17/h1-13,21H,14-16H2,(H,30,34)(H,31,35)(H,32,33)/t21-/m1/s1. The van der Waals surface area contributed by atoms with E-state index in [2.05, 4.69) is 31.9 Å². The molecule has 0 aromatic heterocycles. The van der Waals surface area contributed by atoms with Gasteiger partial charge < -0.3 is 16.0 Å². The summed E-state index contributed by atoms with van der Waals surface area (Å²) in [6.07, 6.45) is 0.0666. The molecular formula is C27H23BrClN3O3S. The number of rotatable bonds is 8. The van der Waals surface area contributed by atoms with Gasteiger partial charge in [-0.25, -0.2) is 0 Å². The monoisotopic (exact) mass is 583 g/mol. The Kier molecular flexibility index (Phi) is 8.85. The molecule has 1 heterocycles. The van der Waals surface area contributed by atoms with Crippen LogP contribution in [0, 0.1) is 0 Å². The van der Waals surface area contributed by atoms with Crippen molar-refractivity contribution in [2.75, 3.05) is 11.1 Å². The summed E-state index contributed by atoms with van der Waals surface area (Å²) < 4.78 is 0.886. The second-order valence-electron chi connectivity index (χ2n) is 8.08. The maximum Gasteiger partial charge on any atom is 0.254 e. The Morgan fingerprint density at radius 3 is 2.42 bits per heavy atom. The highest BCUT2D eigenvalue weighted by atomic mass is 79.9. The van der Waals surface area contributed by atoms with Crippen LogP contribution in [-0.2, 0) is 20.9 Å². The number of halogens is 2. The van der Waals surface area contributed by atoms with Crippen LogP contribution >= 0.6 is 39.3 Å². The van der Waals surface area contributed by atoms with Gasteiger partial charge in [-0.1, -0.05) is 87.8 Å². The minimum absolute atomic E-state index is 0.0345. The Labute approximate surface area is 227 Å². The molecule has 36 heavy (non-hydrogen) atoms. The van der Waals surface area contributed by atoms with E-state index in [0.717, 1.165) is 21.8 Å². The fourth-order valence-corrected chi connectivity index (χ4v) is 5.29. The largest absolute Gasteiger partial charge is 0.351 e. The summed E-state index contributed by atoms with van der Waals surface area (Å²) in [6.45, 7) is 0.394. The third-order valence-corrected chi connectivity index (χ3v) is 7.43. The second-order valence-corrected chi connectivity index (χ2v) is 10.4. The van der Waals surface area contributed by atoms with Crippen LogP contribution in [0.2, 0.25) is 5.02 Å². The Morgan fingerprint density at radius 2 is 1.69 bits per heavy atom. The number of hydrogen-bond acceptors (Lipinski definition) is 4. The highest BCUT2D eigenvalue weighted by molar-refractivity contribution is 9.10. The molecule has 0 radical (unpaired) electrons. The number of nitrogens with one attached hydrogen (secondary N) is 3. The average molecular weight is 585 g/mol. The van der Waals surface area contributed by atoms with Crippen LogP contribution in [0.25, 0.3) is 0 Å². The van der Waals surface area contributed by atoms with Crippen LogP contribution in [0.5, 0.6) is 0 Å². The first-order valence-corrected chi connectivity index (χ1v) is 13.3. The molecule has 3 aromatic carbocycles. The van der Waals surface area contributed by atoms with Gasteiger partial charge in [0.1, 0.15) is 0 Å². The fourth-order valence-electron chi connectivity index (χ4n) is 3.81. The van der Waals surface area contributed by atoms with Crippen LogP contribution in [0.4, 0.5) is 5.69 Å². The predicted octanol–water partition coefficient (Wildman–Crippen LogP) is 5.61. The smallest absolute Gasteiger partial charge is 0.254 e. The van der Waals surface area contributed by atoms with Gasteiger partial charge in [0.15, 0.2) is 0 Å². The number of thioether (sulfide) groups is 1. The Bertz CT molecular complexity index is 1300. The highest BCUT2D eigenvalue weighted by Crippen LogP contribution is 2.39. The lowest BCUT2D eigenvalue weighted by atomic mass is 9.86. The lowest BCUT2D eigenvalue weighted by Gasteiger charge is -2.28. The third kappa shape index (κ3) is 6.78. The van der Waals surface area contributed by atoms with Crippen molar-refractivity contribution < 1.29 is 14.4 Å². The second kappa shape index (κ2) is 12.3. The summed E-state index contributed by atoms with van der Waals surface area (Å²) >= 11 is 11.0. The van der Waals surface area contributed by atoms with Crippen molar-refractivity contribution in [2.45, 2.75) is 18.9 Å². The van der Waals surface area contributed by atoms with Crippen molar-refractivity contribution in [2.24, 2.45) is 0 Å². The molecule has 0 fully saturated rings. The van der Waals surface area contributed by atoms with Gasteiger partial charge in [-0.2, -0.15) is 0 Å². The number of hydrogen-bond donors (Lipinski definition) is 3. The summed E-state index contributed by atoms with van der Waals surface area (Å²) in [5, 5.41) is 9.40. The molecule has 4 rings (SSSR count). The van der Waals surface area contributed by atoms with Gasteiger partial charge in [0, 0.05) is 34.1 Å². The van der Waals surface area contributed by atoms with E-state index in [-0.39, 0.29) is 29.9 Å². The molecule has 0 unspecified atom stereocenters. The topological polar surface area (TPSA) is 87.3 Å². The Hall–Kier alpha value is -3.07. The van der Waals surface area contributed by atoms with Crippen LogP contribution in [0.1, 0.15) is 23.5 Å². The van der Waals surface area contributed by atoms with Crippen LogP contribution in [-0.4, -0.2) is 23.5 Å². The molecule has 0 bridgehead atoms. The number of benzene rings is 3. The quantitative estimate of drug-likeness (QED) is 0.321. The van der Waals surface area contributed by atoms with E-state index in [1.807, 2.05) is 54.6 Å². The molecule has 3 N–H and O–H groups in total. The van der Waals surface area contributed by atoms with Crippen LogP contribution in [0.3, 0.4) is 0 Å². The van der Waals surface area contributed by atoms with E-state index < -0.39 is 5.92 Å². The van der Waals surface area contributed by atoms with Gasteiger partial charge in [0.2, 0.25) is 11.8 Å². The predicted molar refractivity (Wildman–Crippen MR) is 147 cm³/mol. The van der Waals surface area contributed by atoms with Crippen molar-refractivity contribution >= 4 is 62.7 Å². The van der Waals surface area contributed by atoms with Gasteiger partial charge in [0.25, 0.3) is 5.91 Å². The lowest BCUT2D eigenvalue weighted by molar-refractivity contribution is -0.121.